The van der Waals surface area contributed by atoms with Crippen molar-refractivity contribution < 1.29 is 63.4 Å². The normalized spacial score (nSPS) is 19.2. The molecule has 2 fully saturated rings. The molecule has 0 atom stereocenters. The van der Waals surface area contributed by atoms with Gasteiger partial charge in [-0.25, -0.2) is 9.59 Å². The minimum Gasteiger partial charge on any atom is -0.508 e. The van der Waals surface area contributed by atoms with Gasteiger partial charge in [-0.05, 0) is 86.8 Å². The molecule has 4 rings (SSSR count). The molecule has 13 heteroatoms. The molecule has 0 unspecified atom stereocenters. The molecule has 13 nitrogen and oxygen atoms in total. The summed E-state index contributed by atoms with van der Waals surface area (Å²) >= 11 is 0. The molecule has 0 aromatic heterocycles. The average Bonchev–Trinajstić information content (AvgIpc) is 3.13. The highest BCUT2D eigenvalue weighted by Gasteiger charge is 2.31. The third-order valence-electron chi connectivity index (χ3n) is 8.52. The lowest BCUT2D eigenvalue weighted by molar-refractivity contribution is -0.148. The number of carboxylic acid groups (broad SMARTS) is 3. The van der Waals surface area contributed by atoms with Crippen LogP contribution in [0.25, 0.3) is 0 Å². The number of carbonyl (C=O) groups is 6. The molecule has 0 heterocycles. The molecule has 2 aliphatic carbocycles. The van der Waals surface area contributed by atoms with Crippen molar-refractivity contribution in [3.63, 3.8) is 0 Å². The van der Waals surface area contributed by atoms with Gasteiger partial charge in [0.1, 0.15) is 11.5 Å². The summed E-state index contributed by atoms with van der Waals surface area (Å²) in [6, 6.07) is 13.8. The van der Waals surface area contributed by atoms with E-state index in [1.807, 2.05) is 12.1 Å². The zero-order valence-corrected chi connectivity index (χ0v) is 28.4. The quantitative estimate of drug-likeness (QED) is 0.117. The molecule has 4 N–H and O–H groups in total. The van der Waals surface area contributed by atoms with Crippen molar-refractivity contribution in [2.75, 3.05) is 13.2 Å². The first-order valence-electron chi connectivity index (χ1n) is 16.7. The van der Waals surface area contributed by atoms with E-state index in [-0.39, 0.29) is 42.0 Å². The molecule has 0 amide bonds. The standard InChI is InChI=1S/C19H22O6.C11H12O3.C8H12O4/c1-2-17(20)24-12-11-13-3-9-16(10-4-13)25-19(23)15-7-5-14(6-8-15)18(21)22;1-2-11(13)14-8-7-9-3-5-10(12)6-4-9;9-7(10)5-1-2-6(4-3-5)8(11)12/h2-4,9-10,14-15H,1,5-8,11-12H2,(H,21,22);2-6,12H,1,7-8H2;5-6H,1-4H2,(H,9,10)(H,11,12). The average molecular weight is 711 g/mol. The van der Waals surface area contributed by atoms with Crippen LogP contribution in [0, 0.1) is 23.7 Å². The largest absolute Gasteiger partial charge is 0.508 e. The van der Waals surface area contributed by atoms with E-state index in [9.17, 15) is 28.8 Å². The highest BCUT2D eigenvalue weighted by atomic mass is 16.5. The number of phenols is 1. The summed E-state index contributed by atoms with van der Waals surface area (Å²) in [6.07, 6.45) is 7.59. The van der Waals surface area contributed by atoms with Gasteiger partial charge in [-0.1, -0.05) is 37.4 Å². The van der Waals surface area contributed by atoms with Gasteiger partial charge in [0.05, 0.1) is 36.9 Å². The van der Waals surface area contributed by atoms with E-state index < -0.39 is 29.8 Å². The second-order valence-corrected chi connectivity index (χ2v) is 12.1. The number of esters is 3. The van der Waals surface area contributed by atoms with E-state index in [4.69, 9.17) is 34.6 Å². The summed E-state index contributed by atoms with van der Waals surface area (Å²) in [6.45, 7) is 7.20. The minimum absolute atomic E-state index is 0.233. The van der Waals surface area contributed by atoms with Gasteiger partial charge in [0.25, 0.3) is 0 Å². The SMILES string of the molecule is C=CC(=O)OCCc1ccc(O)cc1.C=CC(=O)OCCc1ccc(OC(=O)C2CCC(C(=O)O)CC2)cc1.O=C(O)C1CCC(C(=O)O)CC1. The van der Waals surface area contributed by atoms with Crippen LogP contribution in [0.2, 0.25) is 0 Å². The van der Waals surface area contributed by atoms with Crippen LogP contribution in [0.5, 0.6) is 11.5 Å². The van der Waals surface area contributed by atoms with Crippen molar-refractivity contribution in [3.8, 4) is 11.5 Å². The number of aromatic hydroxyl groups is 1. The van der Waals surface area contributed by atoms with Crippen LogP contribution >= 0.6 is 0 Å². The van der Waals surface area contributed by atoms with Crippen LogP contribution in [-0.4, -0.2) is 69.5 Å². The molecule has 2 aliphatic rings. The zero-order chi connectivity index (χ0) is 37.8. The number of hydrogen-bond donors (Lipinski definition) is 4. The van der Waals surface area contributed by atoms with E-state index in [1.54, 1.807) is 36.4 Å². The summed E-state index contributed by atoms with van der Waals surface area (Å²) in [4.78, 5) is 65.7. The molecule has 2 aromatic carbocycles. The number of ether oxygens (including phenoxy) is 3. The summed E-state index contributed by atoms with van der Waals surface area (Å²) in [5.41, 5.74) is 1.97. The van der Waals surface area contributed by atoms with Crippen LogP contribution in [0.1, 0.15) is 62.5 Å². The first-order chi connectivity index (χ1) is 24.3. The van der Waals surface area contributed by atoms with Crippen molar-refractivity contribution in [1.29, 1.82) is 0 Å². The molecule has 2 saturated carbocycles. The Labute approximate surface area is 296 Å². The van der Waals surface area contributed by atoms with Gasteiger partial charge in [0, 0.05) is 25.0 Å². The number of carboxylic acids is 3. The lowest BCUT2D eigenvalue weighted by atomic mass is 9.82. The molecular formula is C38H46O13. The third-order valence-corrected chi connectivity index (χ3v) is 8.52. The Morgan fingerprint density at radius 3 is 1.24 bits per heavy atom. The fraction of sp³-hybridized carbons (Fsp3) is 0.421. The van der Waals surface area contributed by atoms with Crippen molar-refractivity contribution in [1.82, 2.24) is 0 Å². The molecule has 0 bridgehead atoms. The smallest absolute Gasteiger partial charge is 0.330 e. The van der Waals surface area contributed by atoms with Gasteiger partial charge in [-0.15, -0.1) is 0 Å². The van der Waals surface area contributed by atoms with Gasteiger partial charge in [-0.2, -0.15) is 0 Å². The predicted octanol–water partition coefficient (Wildman–Crippen LogP) is 5.38. The van der Waals surface area contributed by atoms with Crippen LogP contribution in [0.4, 0.5) is 0 Å². The Bertz CT molecular complexity index is 1440. The number of rotatable bonds is 13. The maximum absolute atomic E-state index is 12.2. The Hall–Kier alpha value is -5.46. The maximum atomic E-state index is 12.2. The molecule has 276 valence electrons. The lowest BCUT2D eigenvalue weighted by Crippen LogP contribution is -2.28. The Kier molecular flexibility index (Phi) is 18.2. The second-order valence-electron chi connectivity index (χ2n) is 12.1. The van der Waals surface area contributed by atoms with Crippen LogP contribution in [-0.2, 0) is 51.1 Å². The van der Waals surface area contributed by atoms with Crippen LogP contribution < -0.4 is 4.74 Å². The number of carbonyl (C=O) groups excluding carboxylic acids is 3. The summed E-state index contributed by atoms with van der Waals surface area (Å²) in [5.74, 6) is -4.09. The Morgan fingerprint density at radius 2 is 0.902 bits per heavy atom. The highest BCUT2D eigenvalue weighted by molar-refractivity contribution is 5.81. The molecular weight excluding hydrogens is 664 g/mol. The van der Waals surface area contributed by atoms with Gasteiger partial charge in [0.15, 0.2) is 0 Å². The topological polar surface area (TPSA) is 211 Å². The fourth-order valence-corrected chi connectivity index (χ4v) is 5.41. The monoisotopic (exact) mass is 710 g/mol. The first-order valence-corrected chi connectivity index (χ1v) is 16.7. The van der Waals surface area contributed by atoms with E-state index in [0.717, 1.165) is 23.3 Å². The van der Waals surface area contributed by atoms with Crippen molar-refractivity contribution in [2.45, 2.75) is 64.2 Å². The maximum Gasteiger partial charge on any atom is 0.330 e. The summed E-state index contributed by atoms with van der Waals surface area (Å²) in [5, 5.41) is 35.2. The third kappa shape index (κ3) is 16.2. The molecule has 0 radical (unpaired) electrons. The molecule has 0 aliphatic heterocycles. The summed E-state index contributed by atoms with van der Waals surface area (Å²) < 4.78 is 15.1. The van der Waals surface area contributed by atoms with Crippen LogP contribution in [0.3, 0.4) is 0 Å². The van der Waals surface area contributed by atoms with Crippen molar-refractivity contribution >= 4 is 35.8 Å². The Balaban J connectivity index is 0.000000292. The van der Waals surface area contributed by atoms with E-state index in [0.29, 0.717) is 76.6 Å². The second kappa shape index (κ2) is 22.3. The predicted molar refractivity (Wildman–Crippen MR) is 184 cm³/mol. The lowest BCUT2D eigenvalue weighted by Gasteiger charge is -2.24. The number of aliphatic carboxylic acids is 3. The zero-order valence-electron chi connectivity index (χ0n) is 28.4. The molecule has 0 spiro atoms. The Morgan fingerprint density at radius 1 is 0.569 bits per heavy atom. The number of hydrogen-bond acceptors (Lipinski definition) is 10. The van der Waals surface area contributed by atoms with Gasteiger partial charge >= 0.3 is 35.8 Å². The van der Waals surface area contributed by atoms with Crippen molar-refractivity contribution in [3.05, 3.63) is 85.0 Å². The van der Waals surface area contributed by atoms with Gasteiger partial charge in [0.2, 0.25) is 0 Å². The number of phenolic OH excluding ortho intramolecular Hbond substituents is 1. The molecule has 0 saturated heterocycles. The first kappa shape index (κ1) is 41.7. The van der Waals surface area contributed by atoms with E-state index >= 15 is 0 Å². The van der Waals surface area contributed by atoms with Gasteiger partial charge in [-0.3, -0.25) is 19.2 Å². The minimum atomic E-state index is -0.793. The van der Waals surface area contributed by atoms with Gasteiger partial charge < -0.3 is 34.6 Å². The van der Waals surface area contributed by atoms with E-state index in [2.05, 4.69) is 13.2 Å². The van der Waals surface area contributed by atoms with E-state index in [1.165, 1.54) is 0 Å². The molecule has 51 heavy (non-hydrogen) atoms. The summed E-state index contributed by atoms with van der Waals surface area (Å²) in [7, 11) is 0. The highest BCUT2D eigenvalue weighted by Crippen LogP contribution is 2.31. The fourth-order valence-electron chi connectivity index (χ4n) is 5.41. The number of benzene rings is 2. The molecule has 2 aromatic rings. The van der Waals surface area contributed by atoms with Crippen LogP contribution in [0.15, 0.2) is 73.8 Å². The van der Waals surface area contributed by atoms with Crippen molar-refractivity contribution in [2.24, 2.45) is 23.7 Å².